The number of nitrogens with zero attached hydrogens (tertiary/aromatic N) is 2. The quantitative estimate of drug-likeness (QED) is 0.792. The number of ketones is 1. The molecular weight excluding hydrogens is 240 g/mol. The highest BCUT2D eigenvalue weighted by molar-refractivity contribution is 5.97. The van der Waals surface area contributed by atoms with E-state index in [0.717, 1.165) is 16.8 Å². The van der Waals surface area contributed by atoms with Gasteiger partial charge in [0.2, 0.25) is 5.88 Å². The van der Waals surface area contributed by atoms with Gasteiger partial charge in [0.15, 0.2) is 12.4 Å². The van der Waals surface area contributed by atoms with Gasteiger partial charge in [0.05, 0.1) is 5.69 Å². The van der Waals surface area contributed by atoms with E-state index in [0.29, 0.717) is 11.4 Å². The van der Waals surface area contributed by atoms with Gasteiger partial charge < -0.3 is 4.74 Å². The van der Waals surface area contributed by atoms with Crippen LogP contribution >= 0.6 is 0 Å². The Balaban J connectivity index is 2.06. The lowest BCUT2D eigenvalue weighted by molar-refractivity contribution is 0.0914. The molecule has 0 unspecified atom stereocenters. The van der Waals surface area contributed by atoms with Gasteiger partial charge in [0.25, 0.3) is 0 Å². The van der Waals surface area contributed by atoms with Crippen LogP contribution in [0.25, 0.3) is 0 Å². The normalized spacial score (nSPS) is 10.5. The molecular formula is C15H18N2O2. The third kappa shape index (κ3) is 2.84. The highest BCUT2D eigenvalue weighted by Crippen LogP contribution is 2.19. The van der Waals surface area contributed by atoms with E-state index in [1.54, 1.807) is 4.68 Å². The smallest absolute Gasteiger partial charge is 0.215 e. The highest BCUT2D eigenvalue weighted by Gasteiger charge is 2.13. The SMILES string of the molecule is Cc1ccc(C(=O)COc2c(C)c(C)nn2C)cc1. The van der Waals surface area contributed by atoms with E-state index < -0.39 is 0 Å². The Kier molecular flexibility index (Phi) is 3.69. The van der Waals surface area contributed by atoms with Crippen LogP contribution in [0.4, 0.5) is 0 Å². The maximum atomic E-state index is 12.0. The molecule has 4 nitrogen and oxygen atoms in total. The van der Waals surface area contributed by atoms with Gasteiger partial charge in [-0.1, -0.05) is 29.8 Å². The minimum absolute atomic E-state index is 0.0294. The largest absolute Gasteiger partial charge is 0.469 e. The average molecular weight is 258 g/mol. The van der Waals surface area contributed by atoms with Crippen LogP contribution in [0.3, 0.4) is 0 Å². The van der Waals surface area contributed by atoms with E-state index in [4.69, 9.17) is 4.74 Å². The Hall–Kier alpha value is -2.10. The van der Waals surface area contributed by atoms with Crippen LogP contribution in [0, 0.1) is 20.8 Å². The molecule has 0 aliphatic heterocycles. The summed E-state index contributed by atoms with van der Waals surface area (Å²) in [5, 5.41) is 4.25. The number of rotatable bonds is 4. The average Bonchev–Trinajstić information content (AvgIpc) is 2.62. The molecule has 0 amide bonds. The second-order valence-electron chi connectivity index (χ2n) is 4.72. The first-order valence-electron chi connectivity index (χ1n) is 6.22. The molecule has 2 rings (SSSR count). The molecule has 100 valence electrons. The van der Waals surface area contributed by atoms with E-state index in [-0.39, 0.29) is 12.4 Å². The van der Waals surface area contributed by atoms with Gasteiger partial charge in [-0.2, -0.15) is 5.10 Å². The third-order valence-electron chi connectivity index (χ3n) is 3.17. The molecule has 0 saturated carbocycles. The van der Waals surface area contributed by atoms with Crippen molar-refractivity contribution < 1.29 is 9.53 Å². The second-order valence-corrected chi connectivity index (χ2v) is 4.72. The molecule has 0 N–H and O–H groups in total. The minimum atomic E-state index is -0.0294. The number of hydrogen-bond acceptors (Lipinski definition) is 3. The lowest BCUT2D eigenvalue weighted by Gasteiger charge is -2.07. The predicted octanol–water partition coefficient (Wildman–Crippen LogP) is 2.61. The molecule has 1 aromatic heterocycles. The number of carbonyl (C=O) groups excluding carboxylic acids is 1. The fourth-order valence-corrected chi connectivity index (χ4v) is 1.90. The van der Waals surface area contributed by atoms with Crippen molar-refractivity contribution in [3.05, 3.63) is 46.6 Å². The van der Waals surface area contributed by atoms with Crippen LogP contribution in [-0.4, -0.2) is 22.2 Å². The Morgan fingerprint density at radius 1 is 1.21 bits per heavy atom. The summed E-state index contributed by atoms with van der Waals surface area (Å²) < 4.78 is 7.25. The van der Waals surface area contributed by atoms with E-state index in [9.17, 15) is 4.79 Å². The summed E-state index contributed by atoms with van der Waals surface area (Å²) in [6, 6.07) is 7.49. The molecule has 0 bridgehead atoms. The van der Waals surface area contributed by atoms with Crippen molar-refractivity contribution in [1.82, 2.24) is 9.78 Å². The number of hydrogen-bond donors (Lipinski definition) is 0. The van der Waals surface area contributed by atoms with Crippen molar-refractivity contribution in [2.45, 2.75) is 20.8 Å². The standard InChI is InChI=1S/C15H18N2O2/c1-10-5-7-13(8-6-10)14(18)9-19-15-11(2)12(3)16-17(15)4/h5-8H,9H2,1-4H3. The number of aryl methyl sites for hydroxylation is 3. The van der Waals surface area contributed by atoms with Gasteiger partial charge in [-0.25, -0.2) is 4.68 Å². The molecule has 19 heavy (non-hydrogen) atoms. The number of aromatic nitrogens is 2. The molecule has 2 aromatic rings. The molecule has 1 heterocycles. The van der Waals surface area contributed by atoms with E-state index in [2.05, 4.69) is 5.10 Å². The van der Waals surface area contributed by atoms with Crippen LogP contribution in [0.15, 0.2) is 24.3 Å². The van der Waals surface area contributed by atoms with Crippen LogP contribution < -0.4 is 4.74 Å². The minimum Gasteiger partial charge on any atom is -0.469 e. The fourth-order valence-electron chi connectivity index (χ4n) is 1.90. The maximum Gasteiger partial charge on any atom is 0.215 e. The van der Waals surface area contributed by atoms with Crippen molar-refractivity contribution in [3.63, 3.8) is 0 Å². The molecule has 0 atom stereocenters. The zero-order chi connectivity index (χ0) is 14.0. The number of carbonyl (C=O) groups is 1. The van der Waals surface area contributed by atoms with E-state index in [1.165, 1.54) is 0 Å². The second kappa shape index (κ2) is 5.26. The van der Waals surface area contributed by atoms with Crippen molar-refractivity contribution in [1.29, 1.82) is 0 Å². The van der Waals surface area contributed by atoms with Crippen LogP contribution in [0.5, 0.6) is 5.88 Å². The van der Waals surface area contributed by atoms with Crippen molar-refractivity contribution in [3.8, 4) is 5.88 Å². The van der Waals surface area contributed by atoms with E-state index >= 15 is 0 Å². The summed E-state index contributed by atoms with van der Waals surface area (Å²) in [6.07, 6.45) is 0. The number of benzene rings is 1. The third-order valence-corrected chi connectivity index (χ3v) is 3.17. The number of Topliss-reactive ketones (excluding diaryl/α,β-unsaturated/α-hetero) is 1. The summed E-state index contributed by atoms with van der Waals surface area (Å²) in [4.78, 5) is 12.0. The molecule has 0 saturated heterocycles. The monoisotopic (exact) mass is 258 g/mol. The Morgan fingerprint density at radius 3 is 2.37 bits per heavy atom. The molecule has 0 radical (unpaired) electrons. The molecule has 4 heteroatoms. The van der Waals surface area contributed by atoms with Gasteiger partial charge in [0, 0.05) is 18.2 Å². The maximum absolute atomic E-state index is 12.0. The molecule has 1 aromatic carbocycles. The summed E-state index contributed by atoms with van der Waals surface area (Å²) >= 11 is 0. The van der Waals surface area contributed by atoms with Crippen molar-refractivity contribution >= 4 is 5.78 Å². The van der Waals surface area contributed by atoms with Gasteiger partial charge in [-0.15, -0.1) is 0 Å². The lowest BCUT2D eigenvalue weighted by Crippen LogP contribution is -2.13. The predicted molar refractivity (Wildman–Crippen MR) is 73.7 cm³/mol. The highest BCUT2D eigenvalue weighted by atomic mass is 16.5. The zero-order valence-corrected chi connectivity index (χ0v) is 11.7. The topological polar surface area (TPSA) is 44.1 Å². The first-order valence-corrected chi connectivity index (χ1v) is 6.22. The van der Waals surface area contributed by atoms with Gasteiger partial charge in [-0.05, 0) is 20.8 Å². The zero-order valence-electron chi connectivity index (χ0n) is 11.7. The van der Waals surface area contributed by atoms with Crippen LogP contribution in [0.1, 0.15) is 27.2 Å². The summed E-state index contributed by atoms with van der Waals surface area (Å²) in [6.45, 7) is 5.88. The molecule has 0 aliphatic rings. The molecule has 0 spiro atoms. The van der Waals surface area contributed by atoms with Gasteiger partial charge in [-0.3, -0.25) is 4.79 Å². The van der Waals surface area contributed by atoms with Gasteiger partial charge >= 0.3 is 0 Å². The summed E-state index contributed by atoms with van der Waals surface area (Å²) in [5.41, 5.74) is 3.69. The van der Waals surface area contributed by atoms with Crippen LogP contribution in [-0.2, 0) is 7.05 Å². The fraction of sp³-hybridized carbons (Fsp3) is 0.333. The Morgan fingerprint density at radius 2 is 1.84 bits per heavy atom. The van der Waals surface area contributed by atoms with Crippen LogP contribution in [0.2, 0.25) is 0 Å². The first kappa shape index (κ1) is 13.3. The number of ether oxygens (including phenoxy) is 1. The Labute approximate surface area is 113 Å². The first-order chi connectivity index (χ1) is 8.99. The molecule has 0 fully saturated rings. The summed E-state index contributed by atoms with van der Waals surface area (Å²) in [7, 11) is 1.81. The van der Waals surface area contributed by atoms with E-state index in [1.807, 2.05) is 52.1 Å². The van der Waals surface area contributed by atoms with Gasteiger partial charge in [0.1, 0.15) is 0 Å². The summed E-state index contributed by atoms with van der Waals surface area (Å²) in [5.74, 6) is 0.621. The molecule has 0 aliphatic carbocycles. The van der Waals surface area contributed by atoms with Crippen molar-refractivity contribution in [2.24, 2.45) is 7.05 Å². The van der Waals surface area contributed by atoms with Crippen molar-refractivity contribution in [2.75, 3.05) is 6.61 Å². The lowest BCUT2D eigenvalue weighted by atomic mass is 10.1. The Bertz CT molecular complexity index is 597.